The van der Waals surface area contributed by atoms with Crippen LogP contribution >= 0.6 is 0 Å². The molecule has 1 fully saturated rings. The van der Waals surface area contributed by atoms with Crippen LogP contribution in [0.25, 0.3) is 11.1 Å². The zero-order chi connectivity index (χ0) is 19.3. The van der Waals surface area contributed by atoms with Crippen molar-refractivity contribution >= 4 is 0 Å². The molecule has 1 saturated heterocycles. The predicted molar refractivity (Wildman–Crippen MR) is 107 cm³/mol. The van der Waals surface area contributed by atoms with Gasteiger partial charge in [0.2, 0.25) is 0 Å². The average molecular weight is 378 g/mol. The molecule has 0 radical (unpaired) electrons. The van der Waals surface area contributed by atoms with Gasteiger partial charge in [0.05, 0.1) is 19.4 Å². The molecule has 0 unspecified atom stereocenters. The molecule has 0 aliphatic carbocycles. The Morgan fingerprint density at radius 1 is 1.11 bits per heavy atom. The molecule has 5 heteroatoms. The van der Waals surface area contributed by atoms with Gasteiger partial charge < -0.3 is 9.47 Å². The van der Waals surface area contributed by atoms with Gasteiger partial charge in [-0.2, -0.15) is 0 Å². The first-order valence-electron chi connectivity index (χ1n) is 9.40. The monoisotopic (exact) mass is 378 g/mol. The Bertz CT molecular complexity index is 913. The van der Waals surface area contributed by atoms with Crippen LogP contribution in [-0.2, 0) is 11.3 Å². The molecule has 28 heavy (non-hydrogen) atoms. The molecule has 0 bridgehead atoms. The van der Waals surface area contributed by atoms with E-state index in [-0.39, 0.29) is 11.9 Å². The predicted octanol–water partition coefficient (Wildman–Crippen LogP) is 4.47. The van der Waals surface area contributed by atoms with Gasteiger partial charge >= 0.3 is 0 Å². The lowest BCUT2D eigenvalue weighted by molar-refractivity contribution is -0.0349. The Hall–Kier alpha value is -2.76. The van der Waals surface area contributed by atoms with Crippen molar-refractivity contribution in [3.8, 4) is 16.9 Å². The fraction of sp³-hybridized carbons (Fsp3) is 0.261. The van der Waals surface area contributed by atoms with Gasteiger partial charge in [0, 0.05) is 31.4 Å². The van der Waals surface area contributed by atoms with Crippen LogP contribution in [0.4, 0.5) is 4.39 Å². The molecule has 1 aromatic heterocycles. The molecule has 1 atom stereocenters. The standard InChI is InChI=1S/C23H23FN2O2/c1-27-21-4-2-3-18(13-21)19-7-10-22(25-14-19)23-16-26(11-12-28-23)15-17-5-8-20(24)9-6-17/h2-10,13-14,23H,11-12,15-16H2,1H3/t23-/m1/s1. The minimum atomic E-state index is -0.205. The van der Waals surface area contributed by atoms with Crippen LogP contribution in [0.1, 0.15) is 17.4 Å². The topological polar surface area (TPSA) is 34.6 Å². The van der Waals surface area contributed by atoms with Crippen LogP contribution in [0.2, 0.25) is 0 Å². The SMILES string of the molecule is COc1cccc(-c2ccc([C@H]3CN(Cc4ccc(F)cc4)CCO3)nc2)c1. The number of ether oxygens (including phenoxy) is 2. The van der Waals surface area contributed by atoms with Crippen LogP contribution in [0, 0.1) is 5.82 Å². The highest BCUT2D eigenvalue weighted by Crippen LogP contribution is 2.26. The molecule has 2 heterocycles. The normalized spacial score (nSPS) is 17.4. The number of nitrogens with zero attached hydrogens (tertiary/aromatic N) is 2. The first-order valence-corrected chi connectivity index (χ1v) is 9.40. The molecular formula is C23H23FN2O2. The van der Waals surface area contributed by atoms with Crippen molar-refractivity contribution in [3.05, 3.63) is 83.9 Å². The van der Waals surface area contributed by atoms with Crippen LogP contribution in [0.3, 0.4) is 0 Å². The molecule has 0 saturated carbocycles. The lowest BCUT2D eigenvalue weighted by Gasteiger charge is -2.32. The van der Waals surface area contributed by atoms with E-state index >= 15 is 0 Å². The van der Waals surface area contributed by atoms with Crippen LogP contribution < -0.4 is 4.74 Å². The average Bonchev–Trinajstić information content (AvgIpc) is 2.76. The highest BCUT2D eigenvalue weighted by Gasteiger charge is 2.23. The molecule has 1 aliphatic heterocycles. The third-order valence-electron chi connectivity index (χ3n) is 4.99. The van der Waals surface area contributed by atoms with E-state index < -0.39 is 0 Å². The van der Waals surface area contributed by atoms with Crippen LogP contribution in [-0.4, -0.2) is 36.7 Å². The van der Waals surface area contributed by atoms with E-state index in [1.807, 2.05) is 48.7 Å². The summed E-state index contributed by atoms with van der Waals surface area (Å²) in [5.74, 6) is 0.623. The van der Waals surface area contributed by atoms with Gasteiger partial charge in [0.1, 0.15) is 17.7 Å². The molecule has 0 N–H and O–H groups in total. The van der Waals surface area contributed by atoms with Gasteiger partial charge in [-0.05, 0) is 41.5 Å². The fourth-order valence-electron chi connectivity index (χ4n) is 3.44. The number of morpholine rings is 1. The molecule has 3 aromatic rings. The third kappa shape index (κ3) is 4.38. The van der Waals surface area contributed by atoms with Gasteiger partial charge in [0.25, 0.3) is 0 Å². The Labute approximate surface area is 164 Å². The summed E-state index contributed by atoms with van der Waals surface area (Å²) < 4.78 is 24.3. The number of rotatable bonds is 5. The quantitative estimate of drug-likeness (QED) is 0.656. The molecule has 0 amide bonds. The summed E-state index contributed by atoms with van der Waals surface area (Å²) in [6.07, 6.45) is 1.82. The summed E-state index contributed by atoms with van der Waals surface area (Å²) in [5.41, 5.74) is 4.14. The summed E-state index contributed by atoms with van der Waals surface area (Å²) in [6, 6.07) is 18.7. The Morgan fingerprint density at radius 2 is 1.96 bits per heavy atom. The number of hydrogen-bond donors (Lipinski definition) is 0. The number of hydrogen-bond acceptors (Lipinski definition) is 4. The zero-order valence-electron chi connectivity index (χ0n) is 15.8. The summed E-state index contributed by atoms with van der Waals surface area (Å²) in [7, 11) is 1.67. The van der Waals surface area contributed by atoms with Crippen LogP contribution in [0.15, 0.2) is 66.9 Å². The smallest absolute Gasteiger partial charge is 0.123 e. The highest BCUT2D eigenvalue weighted by molar-refractivity contribution is 5.64. The molecule has 0 spiro atoms. The minimum Gasteiger partial charge on any atom is -0.497 e. The van der Waals surface area contributed by atoms with E-state index in [2.05, 4.69) is 16.0 Å². The van der Waals surface area contributed by atoms with E-state index in [1.165, 1.54) is 12.1 Å². The number of aromatic nitrogens is 1. The van der Waals surface area contributed by atoms with E-state index in [0.717, 1.165) is 47.8 Å². The molecule has 144 valence electrons. The van der Waals surface area contributed by atoms with Gasteiger partial charge in [-0.3, -0.25) is 9.88 Å². The largest absolute Gasteiger partial charge is 0.497 e. The van der Waals surface area contributed by atoms with Crippen molar-refractivity contribution in [1.29, 1.82) is 0 Å². The maximum atomic E-state index is 13.1. The Morgan fingerprint density at radius 3 is 2.71 bits per heavy atom. The van der Waals surface area contributed by atoms with Crippen molar-refractivity contribution in [3.63, 3.8) is 0 Å². The van der Waals surface area contributed by atoms with Crippen molar-refractivity contribution in [2.24, 2.45) is 0 Å². The van der Waals surface area contributed by atoms with Gasteiger partial charge in [0.15, 0.2) is 0 Å². The summed E-state index contributed by atoms with van der Waals surface area (Å²) in [6.45, 7) is 3.06. The third-order valence-corrected chi connectivity index (χ3v) is 4.99. The zero-order valence-corrected chi connectivity index (χ0v) is 15.8. The first-order chi connectivity index (χ1) is 13.7. The number of pyridine rings is 1. The maximum absolute atomic E-state index is 13.1. The Balaban J connectivity index is 1.44. The van der Waals surface area contributed by atoms with E-state index in [0.29, 0.717) is 6.61 Å². The van der Waals surface area contributed by atoms with Crippen molar-refractivity contribution in [2.45, 2.75) is 12.6 Å². The molecule has 4 nitrogen and oxygen atoms in total. The highest BCUT2D eigenvalue weighted by atomic mass is 19.1. The van der Waals surface area contributed by atoms with Crippen molar-refractivity contribution in [1.82, 2.24) is 9.88 Å². The van der Waals surface area contributed by atoms with Gasteiger partial charge in [-0.25, -0.2) is 4.39 Å². The summed E-state index contributed by atoms with van der Waals surface area (Å²) in [5, 5.41) is 0. The van der Waals surface area contributed by atoms with Crippen LogP contribution in [0.5, 0.6) is 5.75 Å². The van der Waals surface area contributed by atoms with E-state index in [1.54, 1.807) is 7.11 Å². The molecular weight excluding hydrogens is 355 g/mol. The first kappa shape index (κ1) is 18.6. The van der Waals surface area contributed by atoms with Gasteiger partial charge in [-0.1, -0.05) is 30.3 Å². The maximum Gasteiger partial charge on any atom is 0.123 e. The minimum absolute atomic E-state index is 0.0615. The number of halogens is 1. The fourth-order valence-corrected chi connectivity index (χ4v) is 3.44. The van der Waals surface area contributed by atoms with Crippen molar-refractivity contribution in [2.75, 3.05) is 26.8 Å². The van der Waals surface area contributed by atoms with Gasteiger partial charge in [-0.15, -0.1) is 0 Å². The lowest BCUT2D eigenvalue weighted by Crippen LogP contribution is -2.38. The molecule has 4 rings (SSSR count). The molecule has 2 aromatic carbocycles. The van der Waals surface area contributed by atoms with E-state index in [4.69, 9.17) is 9.47 Å². The van der Waals surface area contributed by atoms with E-state index in [9.17, 15) is 4.39 Å². The number of methoxy groups -OCH3 is 1. The second-order valence-corrected chi connectivity index (χ2v) is 6.92. The number of benzene rings is 2. The van der Waals surface area contributed by atoms with Crippen molar-refractivity contribution < 1.29 is 13.9 Å². The second kappa shape index (κ2) is 8.50. The Kier molecular flexibility index (Phi) is 5.65. The summed E-state index contributed by atoms with van der Waals surface area (Å²) >= 11 is 0. The second-order valence-electron chi connectivity index (χ2n) is 6.92. The summed E-state index contributed by atoms with van der Waals surface area (Å²) in [4.78, 5) is 6.96. The molecule has 1 aliphatic rings. The lowest BCUT2D eigenvalue weighted by atomic mass is 10.1.